The van der Waals surface area contributed by atoms with Crippen molar-refractivity contribution >= 4 is 21.8 Å². The van der Waals surface area contributed by atoms with Gasteiger partial charge in [0, 0.05) is 18.5 Å². The number of carbonyl (C=O) groups is 1. The Hall–Kier alpha value is -0.0900. The molecule has 0 aliphatic carbocycles. The first-order valence-electron chi connectivity index (χ1n) is 5.15. The van der Waals surface area contributed by atoms with Crippen LogP contribution < -0.4 is 5.32 Å². The van der Waals surface area contributed by atoms with Crippen LogP contribution in [0.5, 0.6) is 0 Å². The molecule has 14 heavy (non-hydrogen) atoms. The van der Waals surface area contributed by atoms with Crippen LogP contribution in [0.1, 0.15) is 19.8 Å². The van der Waals surface area contributed by atoms with Crippen molar-refractivity contribution in [3.63, 3.8) is 0 Å². The summed E-state index contributed by atoms with van der Waals surface area (Å²) in [7, 11) is 0. The summed E-state index contributed by atoms with van der Waals surface area (Å²) < 4.78 is 5.16. The second-order valence-electron chi connectivity index (χ2n) is 3.89. The maximum Gasteiger partial charge on any atom is 0.225 e. The lowest BCUT2D eigenvalue weighted by Gasteiger charge is -2.13. The van der Waals surface area contributed by atoms with E-state index in [0.717, 1.165) is 31.3 Å². The lowest BCUT2D eigenvalue weighted by Crippen LogP contribution is -2.34. The van der Waals surface area contributed by atoms with E-state index in [1.165, 1.54) is 0 Å². The molecule has 0 aromatic carbocycles. The number of alkyl halides is 1. The standard InChI is InChI=1S/C10H18BrNO2/c1-8(2-4-11)6-12-10(13)9-3-5-14-7-9/h8-9H,2-7H2,1H3,(H,12,13). The summed E-state index contributed by atoms with van der Waals surface area (Å²) in [6, 6.07) is 0. The zero-order valence-corrected chi connectivity index (χ0v) is 10.2. The first kappa shape index (κ1) is 12.0. The van der Waals surface area contributed by atoms with Gasteiger partial charge in [0.1, 0.15) is 0 Å². The molecule has 1 rings (SSSR count). The summed E-state index contributed by atoms with van der Waals surface area (Å²) in [6.07, 6.45) is 1.97. The van der Waals surface area contributed by atoms with Crippen LogP contribution in [0.3, 0.4) is 0 Å². The summed E-state index contributed by atoms with van der Waals surface area (Å²) in [4.78, 5) is 11.6. The minimum atomic E-state index is 0.0890. The van der Waals surface area contributed by atoms with E-state index in [9.17, 15) is 4.79 Å². The summed E-state index contributed by atoms with van der Waals surface area (Å²) in [5, 5.41) is 3.97. The third kappa shape index (κ3) is 3.96. The molecule has 0 aromatic heterocycles. The molecule has 3 nitrogen and oxygen atoms in total. The highest BCUT2D eigenvalue weighted by Gasteiger charge is 2.23. The van der Waals surface area contributed by atoms with Crippen molar-refractivity contribution in [2.24, 2.45) is 11.8 Å². The van der Waals surface area contributed by atoms with Gasteiger partial charge in [-0.25, -0.2) is 0 Å². The number of hydrogen-bond acceptors (Lipinski definition) is 2. The zero-order valence-electron chi connectivity index (χ0n) is 8.59. The normalized spacial score (nSPS) is 23.4. The Labute approximate surface area is 93.7 Å². The fourth-order valence-electron chi connectivity index (χ4n) is 1.45. The van der Waals surface area contributed by atoms with Crippen LogP contribution in [0.4, 0.5) is 0 Å². The minimum Gasteiger partial charge on any atom is -0.381 e. The molecule has 1 N–H and O–H groups in total. The maximum atomic E-state index is 11.6. The van der Waals surface area contributed by atoms with E-state index in [4.69, 9.17) is 4.74 Å². The van der Waals surface area contributed by atoms with Crippen LogP contribution in [0, 0.1) is 11.8 Å². The lowest BCUT2D eigenvalue weighted by atomic mass is 10.1. The summed E-state index contributed by atoms with van der Waals surface area (Å²) >= 11 is 3.39. The second-order valence-corrected chi connectivity index (χ2v) is 4.68. The third-order valence-electron chi connectivity index (χ3n) is 2.53. The number of hydrogen-bond donors (Lipinski definition) is 1. The molecule has 1 aliphatic rings. The number of ether oxygens (including phenoxy) is 1. The molecule has 4 heteroatoms. The average molecular weight is 264 g/mol. The van der Waals surface area contributed by atoms with Crippen LogP contribution in [-0.2, 0) is 9.53 Å². The van der Waals surface area contributed by atoms with Gasteiger partial charge < -0.3 is 10.1 Å². The Morgan fingerprint density at radius 3 is 3.07 bits per heavy atom. The largest absolute Gasteiger partial charge is 0.381 e. The van der Waals surface area contributed by atoms with Gasteiger partial charge in [0.05, 0.1) is 12.5 Å². The first-order valence-corrected chi connectivity index (χ1v) is 6.27. The van der Waals surface area contributed by atoms with E-state index in [-0.39, 0.29) is 11.8 Å². The smallest absolute Gasteiger partial charge is 0.225 e. The Balaban J connectivity index is 2.13. The topological polar surface area (TPSA) is 38.3 Å². The molecular formula is C10H18BrNO2. The Bertz CT molecular complexity index is 181. The summed E-state index contributed by atoms with van der Waals surface area (Å²) in [5.74, 6) is 0.788. The molecule has 0 aromatic rings. The van der Waals surface area contributed by atoms with E-state index in [2.05, 4.69) is 28.2 Å². The maximum absolute atomic E-state index is 11.6. The van der Waals surface area contributed by atoms with Crippen LogP contribution in [0.15, 0.2) is 0 Å². The lowest BCUT2D eigenvalue weighted by molar-refractivity contribution is -0.125. The Morgan fingerprint density at radius 1 is 1.71 bits per heavy atom. The molecule has 0 radical (unpaired) electrons. The highest BCUT2D eigenvalue weighted by Crippen LogP contribution is 2.12. The van der Waals surface area contributed by atoms with Crippen molar-refractivity contribution in [1.29, 1.82) is 0 Å². The molecule has 2 atom stereocenters. The van der Waals surface area contributed by atoms with Crippen molar-refractivity contribution in [2.75, 3.05) is 25.1 Å². The third-order valence-corrected chi connectivity index (χ3v) is 2.98. The first-order chi connectivity index (χ1) is 6.74. The van der Waals surface area contributed by atoms with Gasteiger partial charge in [-0.05, 0) is 18.8 Å². The monoisotopic (exact) mass is 263 g/mol. The van der Waals surface area contributed by atoms with Crippen LogP contribution >= 0.6 is 15.9 Å². The van der Waals surface area contributed by atoms with Gasteiger partial charge in [0.15, 0.2) is 0 Å². The quantitative estimate of drug-likeness (QED) is 0.765. The van der Waals surface area contributed by atoms with Gasteiger partial charge >= 0.3 is 0 Å². The number of halogens is 1. The molecule has 0 spiro atoms. The van der Waals surface area contributed by atoms with Gasteiger partial charge in [0.2, 0.25) is 5.91 Å². The van der Waals surface area contributed by atoms with E-state index < -0.39 is 0 Å². The van der Waals surface area contributed by atoms with E-state index in [1.807, 2.05) is 0 Å². The second kappa shape index (κ2) is 6.40. The summed E-state index contributed by atoms with van der Waals surface area (Å²) in [6.45, 7) is 4.25. The Morgan fingerprint density at radius 2 is 2.50 bits per heavy atom. The fraction of sp³-hybridized carbons (Fsp3) is 0.900. The van der Waals surface area contributed by atoms with Crippen molar-refractivity contribution in [2.45, 2.75) is 19.8 Å². The molecule has 1 fully saturated rings. The minimum absolute atomic E-state index is 0.0890. The fourth-order valence-corrected chi connectivity index (χ4v) is 2.23. The van der Waals surface area contributed by atoms with E-state index in [0.29, 0.717) is 12.5 Å². The molecule has 0 bridgehead atoms. The number of amides is 1. The Kier molecular flexibility index (Phi) is 5.48. The predicted molar refractivity (Wildman–Crippen MR) is 59.5 cm³/mol. The molecular weight excluding hydrogens is 246 g/mol. The van der Waals surface area contributed by atoms with Crippen molar-refractivity contribution < 1.29 is 9.53 Å². The number of nitrogens with one attached hydrogen (secondary N) is 1. The molecule has 1 aliphatic heterocycles. The molecule has 1 saturated heterocycles. The predicted octanol–water partition coefficient (Wildman–Crippen LogP) is 1.56. The van der Waals surface area contributed by atoms with Gasteiger partial charge in [0.25, 0.3) is 0 Å². The van der Waals surface area contributed by atoms with Crippen molar-refractivity contribution in [3.8, 4) is 0 Å². The van der Waals surface area contributed by atoms with Crippen LogP contribution in [0.25, 0.3) is 0 Å². The average Bonchev–Trinajstić information content (AvgIpc) is 2.67. The molecule has 1 heterocycles. The highest BCUT2D eigenvalue weighted by atomic mass is 79.9. The van der Waals surface area contributed by atoms with E-state index >= 15 is 0 Å². The molecule has 2 unspecified atom stereocenters. The van der Waals surface area contributed by atoms with Gasteiger partial charge in [-0.3, -0.25) is 4.79 Å². The van der Waals surface area contributed by atoms with Gasteiger partial charge in [-0.15, -0.1) is 0 Å². The van der Waals surface area contributed by atoms with E-state index in [1.54, 1.807) is 0 Å². The molecule has 1 amide bonds. The van der Waals surface area contributed by atoms with Crippen LogP contribution in [0.2, 0.25) is 0 Å². The summed E-state index contributed by atoms with van der Waals surface area (Å²) in [5.41, 5.74) is 0. The van der Waals surface area contributed by atoms with Crippen LogP contribution in [-0.4, -0.2) is 31.0 Å². The number of carbonyl (C=O) groups excluding carboxylic acids is 1. The molecule has 82 valence electrons. The van der Waals surface area contributed by atoms with Crippen molar-refractivity contribution in [1.82, 2.24) is 5.32 Å². The van der Waals surface area contributed by atoms with Crippen molar-refractivity contribution in [3.05, 3.63) is 0 Å². The highest BCUT2D eigenvalue weighted by molar-refractivity contribution is 9.09. The van der Waals surface area contributed by atoms with Gasteiger partial charge in [-0.1, -0.05) is 22.9 Å². The van der Waals surface area contributed by atoms with Gasteiger partial charge in [-0.2, -0.15) is 0 Å². The molecule has 0 saturated carbocycles. The zero-order chi connectivity index (χ0) is 10.4. The number of rotatable bonds is 5. The SMILES string of the molecule is CC(CCBr)CNC(=O)C1CCOC1.